The third-order valence-electron chi connectivity index (χ3n) is 3.48. The molecule has 1 aliphatic heterocycles. The summed E-state index contributed by atoms with van der Waals surface area (Å²) in [7, 11) is 0. The van der Waals surface area contributed by atoms with Crippen LogP contribution in [0.1, 0.15) is 32.3 Å². The van der Waals surface area contributed by atoms with Gasteiger partial charge < -0.3 is 9.47 Å². The molecular weight excluding hydrogens is 300 g/mol. The van der Waals surface area contributed by atoms with Crippen LogP contribution in [0.15, 0.2) is 30.3 Å². The van der Waals surface area contributed by atoms with E-state index in [1.807, 2.05) is 37.4 Å². The highest BCUT2D eigenvalue weighted by molar-refractivity contribution is 8.17. The van der Waals surface area contributed by atoms with Crippen molar-refractivity contribution in [3.63, 3.8) is 0 Å². The summed E-state index contributed by atoms with van der Waals surface area (Å²) in [5, 5.41) is 0. The number of hydrogen-bond acceptors (Lipinski definition) is 4. The van der Waals surface area contributed by atoms with Gasteiger partial charge in [-0.25, -0.2) is 0 Å². The Morgan fingerprint density at radius 2 is 1.90 bits per heavy atom. The smallest absolute Gasteiger partial charge is 0.155 e. The Kier molecular flexibility index (Phi) is 8.01. The normalized spacial score (nSPS) is 19.3. The molecule has 1 aliphatic rings. The summed E-state index contributed by atoms with van der Waals surface area (Å²) in [6, 6.07) is 10.7. The van der Waals surface area contributed by atoms with Gasteiger partial charge in [0.2, 0.25) is 0 Å². The molecule has 0 bridgehead atoms. The Hall–Kier alpha value is -0.160. The zero-order valence-corrected chi connectivity index (χ0v) is 14.6. The summed E-state index contributed by atoms with van der Waals surface area (Å²) in [5.74, 6) is 2.51. The molecule has 0 aliphatic carbocycles. The van der Waals surface area contributed by atoms with Crippen LogP contribution in [0.5, 0.6) is 0 Å². The molecule has 1 aromatic rings. The van der Waals surface area contributed by atoms with Gasteiger partial charge in [0, 0.05) is 6.61 Å². The van der Waals surface area contributed by atoms with Gasteiger partial charge in [0.15, 0.2) is 6.29 Å². The van der Waals surface area contributed by atoms with Crippen LogP contribution < -0.4 is 0 Å². The van der Waals surface area contributed by atoms with Crippen LogP contribution in [-0.2, 0) is 15.9 Å². The third kappa shape index (κ3) is 6.23. The van der Waals surface area contributed by atoms with E-state index in [9.17, 15) is 0 Å². The molecule has 2 rings (SSSR count). The van der Waals surface area contributed by atoms with E-state index in [0.29, 0.717) is 11.2 Å². The topological polar surface area (TPSA) is 18.5 Å². The predicted molar refractivity (Wildman–Crippen MR) is 94.0 cm³/mol. The van der Waals surface area contributed by atoms with Crippen molar-refractivity contribution in [2.45, 2.75) is 50.1 Å². The first-order valence-electron chi connectivity index (χ1n) is 7.83. The third-order valence-corrected chi connectivity index (χ3v) is 6.61. The minimum absolute atomic E-state index is 0.112. The molecule has 21 heavy (non-hydrogen) atoms. The number of hydrogen-bond donors (Lipinski definition) is 0. The van der Waals surface area contributed by atoms with Crippen LogP contribution in [0.4, 0.5) is 0 Å². The molecule has 0 N–H and O–H groups in total. The van der Waals surface area contributed by atoms with Gasteiger partial charge in [0.25, 0.3) is 0 Å². The number of rotatable bonds is 8. The van der Waals surface area contributed by atoms with Gasteiger partial charge in [-0.1, -0.05) is 30.3 Å². The van der Waals surface area contributed by atoms with Crippen LogP contribution >= 0.6 is 23.5 Å². The standard InChI is InChI=1S/C17H26O2S2/c1-3-18-14(2)19-16(17-20-12-7-13-21-17)11-10-15-8-5-4-6-9-15/h4-6,8-9,14,16-17H,3,7,10-13H2,1-2H3/t14?,16-/m1/s1. The molecule has 0 aromatic heterocycles. The zero-order valence-electron chi connectivity index (χ0n) is 13.0. The van der Waals surface area contributed by atoms with Crippen molar-refractivity contribution in [1.82, 2.24) is 0 Å². The fraction of sp³-hybridized carbons (Fsp3) is 0.647. The summed E-state index contributed by atoms with van der Waals surface area (Å²) in [5.41, 5.74) is 1.39. The first-order chi connectivity index (χ1) is 10.3. The number of benzene rings is 1. The van der Waals surface area contributed by atoms with E-state index in [4.69, 9.17) is 9.47 Å². The average Bonchev–Trinajstić information content (AvgIpc) is 2.53. The maximum Gasteiger partial charge on any atom is 0.155 e. The summed E-state index contributed by atoms with van der Waals surface area (Å²) in [4.78, 5) is 0. The maximum atomic E-state index is 6.19. The molecule has 118 valence electrons. The first-order valence-corrected chi connectivity index (χ1v) is 9.93. The van der Waals surface area contributed by atoms with Crippen LogP contribution in [0.2, 0.25) is 0 Å². The van der Waals surface area contributed by atoms with Crippen LogP contribution in [0, 0.1) is 0 Å². The molecule has 2 nitrogen and oxygen atoms in total. The van der Waals surface area contributed by atoms with Gasteiger partial charge in [-0.15, -0.1) is 23.5 Å². The van der Waals surface area contributed by atoms with Crippen molar-refractivity contribution in [2.24, 2.45) is 0 Å². The number of ether oxygens (including phenoxy) is 2. The highest BCUT2D eigenvalue weighted by atomic mass is 32.2. The molecule has 4 heteroatoms. The monoisotopic (exact) mass is 326 g/mol. The second kappa shape index (κ2) is 9.78. The highest BCUT2D eigenvalue weighted by Gasteiger charge is 2.27. The summed E-state index contributed by atoms with van der Waals surface area (Å²) >= 11 is 4.10. The number of thioether (sulfide) groups is 2. The van der Waals surface area contributed by atoms with E-state index < -0.39 is 0 Å². The Balaban J connectivity index is 1.90. The van der Waals surface area contributed by atoms with Crippen LogP contribution in [-0.4, -0.2) is 35.1 Å². The average molecular weight is 327 g/mol. The zero-order chi connectivity index (χ0) is 14.9. The summed E-state index contributed by atoms with van der Waals surface area (Å²) in [6.45, 7) is 4.73. The molecule has 1 unspecified atom stereocenters. The quantitative estimate of drug-likeness (QED) is 0.650. The van der Waals surface area contributed by atoms with Crippen molar-refractivity contribution in [3.05, 3.63) is 35.9 Å². The fourth-order valence-electron chi connectivity index (χ4n) is 2.46. The van der Waals surface area contributed by atoms with E-state index in [0.717, 1.165) is 12.8 Å². The van der Waals surface area contributed by atoms with E-state index >= 15 is 0 Å². The van der Waals surface area contributed by atoms with Gasteiger partial charge in [-0.2, -0.15) is 0 Å². The molecule has 0 spiro atoms. The van der Waals surface area contributed by atoms with Gasteiger partial charge >= 0.3 is 0 Å². The van der Waals surface area contributed by atoms with Crippen molar-refractivity contribution < 1.29 is 9.47 Å². The molecule has 0 radical (unpaired) electrons. The van der Waals surface area contributed by atoms with E-state index in [2.05, 4.69) is 30.3 Å². The minimum Gasteiger partial charge on any atom is -0.353 e. The van der Waals surface area contributed by atoms with Gasteiger partial charge in [0.05, 0.1) is 10.7 Å². The lowest BCUT2D eigenvalue weighted by atomic mass is 10.1. The second-order valence-corrected chi connectivity index (χ2v) is 7.98. The SMILES string of the molecule is CCOC(C)O[C@H](CCc1ccccc1)C1SCCCS1. The van der Waals surface area contributed by atoms with Crippen molar-refractivity contribution in [1.29, 1.82) is 0 Å². The molecular formula is C17H26O2S2. The molecule has 2 atom stereocenters. The van der Waals surface area contributed by atoms with Crippen molar-refractivity contribution in [3.8, 4) is 0 Å². The molecule has 1 heterocycles. The Morgan fingerprint density at radius 3 is 2.57 bits per heavy atom. The van der Waals surface area contributed by atoms with Gasteiger partial charge in [-0.05, 0) is 50.2 Å². The molecule has 0 saturated carbocycles. The lowest BCUT2D eigenvalue weighted by Crippen LogP contribution is -2.32. The largest absolute Gasteiger partial charge is 0.353 e. The van der Waals surface area contributed by atoms with E-state index in [-0.39, 0.29) is 12.4 Å². The second-order valence-electron chi connectivity index (χ2n) is 5.19. The van der Waals surface area contributed by atoms with Gasteiger partial charge in [0.1, 0.15) is 0 Å². The molecule has 1 saturated heterocycles. The molecule has 0 amide bonds. The van der Waals surface area contributed by atoms with Crippen LogP contribution in [0.25, 0.3) is 0 Å². The lowest BCUT2D eigenvalue weighted by molar-refractivity contribution is -0.154. The summed E-state index contributed by atoms with van der Waals surface area (Å²) in [6.07, 6.45) is 3.60. The van der Waals surface area contributed by atoms with Crippen molar-refractivity contribution >= 4 is 23.5 Å². The van der Waals surface area contributed by atoms with E-state index in [1.54, 1.807) is 0 Å². The van der Waals surface area contributed by atoms with E-state index in [1.165, 1.54) is 23.5 Å². The Morgan fingerprint density at radius 1 is 1.19 bits per heavy atom. The fourth-order valence-corrected chi connectivity index (χ4v) is 5.52. The number of aryl methyl sites for hydroxylation is 1. The molecule has 1 fully saturated rings. The highest BCUT2D eigenvalue weighted by Crippen LogP contribution is 2.36. The minimum atomic E-state index is -0.112. The Bertz CT molecular complexity index is 380. The lowest BCUT2D eigenvalue weighted by Gasteiger charge is -2.31. The maximum absolute atomic E-state index is 6.19. The summed E-state index contributed by atoms with van der Waals surface area (Å²) < 4.78 is 12.3. The van der Waals surface area contributed by atoms with Crippen LogP contribution in [0.3, 0.4) is 0 Å². The first kappa shape index (κ1) is 17.2. The Labute approximate surface area is 137 Å². The van der Waals surface area contributed by atoms with Crippen molar-refractivity contribution in [2.75, 3.05) is 18.1 Å². The molecule has 1 aromatic carbocycles. The predicted octanol–water partition coefficient (Wildman–Crippen LogP) is 4.58. The van der Waals surface area contributed by atoms with Gasteiger partial charge in [-0.3, -0.25) is 0 Å².